The van der Waals surface area contributed by atoms with Crippen LogP contribution in [0.4, 0.5) is 0 Å². The monoisotopic (exact) mass is 208 g/mol. The number of hydrogen-bond donors (Lipinski definition) is 0. The van der Waals surface area contributed by atoms with Crippen molar-refractivity contribution < 1.29 is 4.74 Å². The Morgan fingerprint density at radius 3 is 2.93 bits per heavy atom. The lowest BCUT2D eigenvalue weighted by atomic mass is 10.3. The highest BCUT2D eigenvalue weighted by Gasteiger charge is 2.02. The molecular weight excluding hydrogens is 200 g/mol. The molecule has 2 rings (SSSR count). The van der Waals surface area contributed by atoms with Crippen molar-refractivity contribution in [2.75, 3.05) is 7.11 Å². The van der Waals surface area contributed by atoms with Crippen LogP contribution in [0, 0.1) is 0 Å². The molecule has 0 aliphatic rings. The van der Waals surface area contributed by atoms with E-state index in [-0.39, 0.29) is 0 Å². The molecule has 1 heterocycles. The van der Waals surface area contributed by atoms with E-state index in [0.717, 1.165) is 5.69 Å². The van der Waals surface area contributed by atoms with Gasteiger partial charge in [-0.05, 0) is 18.2 Å². The van der Waals surface area contributed by atoms with Crippen molar-refractivity contribution in [3.05, 3.63) is 41.7 Å². The van der Waals surface area contributed by atoms with Gasteiger partial charge in [-0.25, -0.2) is 4.68 Å². The first-order valence-electron chi connectivity index (χ1n) is 4.15. The summed E-state index contributed by atoms with van der Waals surface area (Å²) in [6.45, 7) is 0. The fourth-order valence-corrected chi connectivity index (χ4v) is 1.41. The van der Waals surface area contributed by atoms with Gasteiger partial charge in [0, 0.05) is 18.5 Å². The van der Waals surface area contributed by atoms with Crippen LogP contribution in [0.25, 0.3) is 5.69 Å². The number of ether oxygens (including phenoxy) is 1. The molecule has 1 aromatic carbocycles. The van der Waals surface area contributed by atoms with Crippen LogP contribution >= 0.6 is 11.6 Å². The number of hydrogen-bond acceptors (Lipinski definition) is 2. The summed E-state index contributed by atoms with van der Waals surface area (Å²) in [6, 6.07) is 7.38. The molecule has 14 heavy (non-hydrogen) atoms. The third-order valence-corrected chi connectivity index (χ3v) is 2.22. The molecule has 0 unspecified atom stereocenters. The van der Waals surface area contributed by atoms with Gasteiger partial charge in [0.1, 0.15) is 5.75 Å². The summed E-state index contributed by atoms with van der Waals surface area (Å²) in [5, 5.41) is 4.71. The van der Waals surface area contributed by atoms with E-state index in [4.69, 9.17) is 16.3 Å². The van der Waals surface area contributed by atoms with Gasteiger partial charge in [0.15, 0.2) is 0 Å². The summed E-state index contributed by atoms with van der Waals surface area (Å²) in [5.74, 6) is 0.652. The molecule has 1 aromatic heterocycles. The van der Waals surface area contributed by atoms with E-state index in [2.05, 4.69) is 5.10 Å². The van der Waals surface area contributed by atoms with E-state index < -0.39 is 0 Å². The van der Waals surface area contributed by atoms with Crippen LogP contribution < -0.4 is 4.74 Å². The number of nitrogens with zero attached hydrogens (tertiary/aromatic N) is 2. The van der Waals surface area contributed by atoms with E-state index in [1.54, 1.807) is 24.1 Å². The minimum absolute atomic E-state index is 0.600. The fourth-order valence-electron chi connectivity index (χ4n) is 1.21. The molecule has 72 valence electrons. The zero-order valence-corrected chi connectivity index (χ0v) is 8.40. The van der Waals surface area contributed by atoms with Gasteiger partial charge in [0.2, 0.25) is 0 Å². The summed E-state index contributed by atoms with van der Waals surface area (Å²) >= 11 is 5.90. The lowest BCUT2D eigenvalue weighted by Crippen LogP contribution is -1.95. The van der Waals surface area contributed by atoms with Crippen LogP contribution in [-0.4, -0.2) is 16.9 Å². The van der Waals surface area contributed by atoms with Crippen LogP contribution in [0.3, 0.4) is 0 Å². The maximum atomic E-state index is 5.90. The zero-order valence-electron chi connectivity index (χ0n) is 7.64. The molecule has 0 spiro atoms. The van der Waals surface area contributed by atoms with Gasteiger partial charge in [-0.2, -0.15) is 5.10 Å². The summed E-state index contributed by atoms with van der Waals surface area (Å²) < 4.78 is 6.86. The van der Waals surface area contributed by atoms with Crippen LogP contribution in [-0.2, 0) is 0 Å². The third kappa shape index (κ3) is 1.59. The normalized spacial score (nSPS) is 10.1. The number of benzene rings is 1. The first-order valence-corrected chi connectivity index (χ1v) is 4.52. The molecule has 0 atom stereocenters. The second kappa shape index (κ2) is 3.72. The first kappa shape index (κ1) is 9.09. The Morgan fingerprint density at radius 1 is 1.43 bits per heavy atom. The highest BCUT2D eigenvalue weighted by molar-refractivity contribution is 6.32. The second-order valence-electron chi connectivity index (χ2n) is 2.77. The van der Waals surface area contributed by atoms with Crippen molar-refractivity contribution in [1.29, 1.82) is 0 Å². The van der Waals surface area contributed by atoms with Crippen LogP contribution in [0.5, 0.6) is 5.75 Å². The SMILES string of the molecule is COc1cc(-n2cccn2)ccc1Cl. The van der Waals surface area contributed by atoms with Crippen molar-refractivity contribution >= 4 is 11.6 Å². The molecule has 0 saturated heterocycles. The molecule has 0 aliphatic heterocycles. The van der Waals surface area contributed by atoms with Crippen LogP contribution in [0.2, 0.25) is 5.02 Å². The largest absolute Gasteiger partial charge is 0.495 e. The molecule has 0 bridgehead atoms. The number of rotatable bonds is 2. The molecule has 0 amide bonds. The molecule has 0 aliphatic carbocycles. The van der Waals surface area contributed by atoms with Gasteiger partial charge < -0.3 is 4.74 Å². The molecule has 0 fully saturated rings. The van der Waals surface area contributed by atoms with Crippen LogP contribution in [0.1, 0.15) is 0 Å². The van der Waals surface area contributed by atoms with Crippen molar-refractivity contribution in [2.45, 2.75) is 0 Å². The molecule has 0 saturated carbocycles. The average Bonchev–Trinajstić information content (AvgIpc) is 2.71. The Labute approximate surface area is 86.9 Å². The van der Waals surface area contributed by atoms with Crippen molar-refractivity contribution in [1.82, 2.24) is 9.78 Å². The fraction of sp³-hybridized carbons (Fsp3) is 0.100. The quantitative estimate of drug-likeness (QED) is 0.759. The third-order valence-electron chi connectivity index (χ3n) is 1.90. The molecule has 3 nitrogen and oxygen atoms in total. The van der Waals surface area contributed by atoms with E-state index in [1.807, 2.05) is 24.4 Å². The Balaban J connectivity index is 2.46. The Morgan fingerprint density at radius 2 is 2.29 bits per heavy atom. The summed E-state index contributed by atoms with van der Waals surface area (Å²) in [4.78, 5) is 0. The van der Waals surface area contributed by atoms with Gasteiger partial charge >= 0.3 is 0 Å². The second-order valence-corrected chi connectivity index (χ2v) is 3.18. The maximum absolute atomic E-state index is 5.90. The minimum Gasteiger partial charge on any atom is -0.495 e. The summed E-state index contributed by atoms with van der Waals surface area (Å²) in [5.41, 5.74) is 0.927. The minimum atomic E-state index is 0.600. The van der Waals surface area contributed by atoms with Crippen molar-refractivity contribution in [3.63, 3.8) is 0 Å². The highest BCUT2D eigenvalue weighted by Crippen LogP contribution is 2.26. The molecule has 4 heteroatoms. The van der Waals surface area contributed by atoms with Crippen molar-refractivity contribution in [3.8, 4) is 11.4 Å². The van der Waals surface area contributed by atoms with E-state index in [9.17, 15) is 0 Å². The highest BCUT2D eigenvalue weighted by atomic mass is 35.5. The van der Waals surface area contributed by atoms with E-state index in [1.165, 1.54) is 0 Å². The molecule has 0 N–H and O–H groups in total. The molecular formula is C10H9ClN2O. The maximum Gasteiger partial charge on any atom is 0.139 e. The number of halogens is 1. The topological polar surface area (TPSA) is 27.1 Å². The predicted octanol–water partition coefficient (Wildman–Crippen LogP) is 2.53. The molecule has 0 radical (unpaired) electrons. The Hall–Kier alpha value is -1.48. The van der Waals surface area contributed by atoms with Crippen LogP contribution in [0.15, 0.2) is 36.7 Å². The predicted molar refractivity (Wildman–Crippen MR) is 55.1 cm³/mol. The van der Waals surface area contributed by atoms with Gasteiger partial charge in [-0.1, -0.05) is 11.6 Å². The number of aromatic nitrogens is 2. The molecule has 2 aromatic rings. The summed E-state index contributed by atoms with van der Waals surface area (Å²) in [6.07, 6.45) is 3.59. The first-order chi connectivity index (χ1) is 6.81. The zero-order chi connectivity index (χ0) is 9.97. The Bertz CT molecular complexity index is 426. The van der Waals surface area contributed by atoms with Gasteiger partial charge in [0.05, 0.1) is 17.8 Å². The van der Waals surface area contributed by atoms with E-state index in [0.29, 0.717) is 10.8 Å². The van der Waals surface area contributed by atoms with Gasteiger partial charge in [-0.3, -0.25) is 0 Å². The van der Waals surface area contributed by atoms with Gasteiger partial charge in [0.25, 0.3) is 0 Å². The lowest BCUT2D eigenvalue weighted by molar-refractivity contribution is 0.414. The van der Waals surface area contributed by atoms with E-state index >= 15 is 0 Å². The number of methoxy groups -OCH3 is 1. The van der Waals surface area contributed by atoms with Gasteiger partial charge in [-0.15, -0.1) is 0 Å². The smallest absolute Gasteiger partial charge is 0.139 e. The van der Waals surface area contributed by atoms with Crippen molar-refractivity contribution in [2.24, 2.45) is 0 Å². The Kier molecular flexibility index (Phi) is 2.41. The summed E-state index contributed by atoms with van der Waals surface area (Å²) in [7, 11) is 1.59. The standard InChI is InChI=1S/C10H9ClN2O/c1-14-10-7-8(3-4-9(10)11)13-6-2-5-12-13/h2-7H,1H3. The average molecular weight is 209 g/mol. The lowest BCUT2D eigenvalue weighted by Gasteiger charge is -2.06.